The van der Waals surface area contributed by atoms with Crippen LogP contribution in [0.4, 0.5) is 23.2 Å². The van der Waals surface area contributed by atoms with E-state index in [-0.39, 0.29) is 5.91 Å². The Bertz CT molecular complexity index is 1140. The van der Waals surface area contributed by atoms with Crippen molar-refractivity contribution in [3.05, 3.63) is 88.5 Å². The predicted molar refractivity (Wildman–Crippen MR) is 126 cm³/mol. The number of hydrogen-bond donors (Lipinski definition) is 1. The van der Waals surface area contributed by atoms with Gasteiger partial charge in [-0.2, -0.15) is 13.2 Å². The quantitative estimate of drug-likeness (QED) is 0.369. The van der Waals surface area contributed by atoms with Crippen LogP contribution in [0.25, 0.3) is 0 Å². The standard InChI is InChI=1S/C25H24ClF4N3O2/c1-31-24(34)23(17-6-8-18(27)9-7-17)33(19-10-11-20(26)21(14-19)35-2)13-3-4-16-5-12-22(32-15-16)25(28,29)30/h5-12,14-15,23H,3-4,13H2,1-2H3,(H,31,34)/t23-/m0/s1. The molecule has 0 saturated carbocycles. The third kappa shape index (κ3) is 6.63. The summed E-state index contributed by atoms with van der Waals surface area (Å²) < 4.78 is 57.3. The Morgan fingerprint density at radius 3 is 2.43 bits per heavy atom. The van der Waals surface area contributed by atoms with Crippen LogP contribution in [0.1, 0.15) is 29.3 Å². The summed E-state index contributed by atoms with van der Waals surface area (Å²) in [6.07, 6.45) is -2.38. The molecular weight excluding hydrogens is 486 g/mol. The van der Waals surface area contributed by atoms with Crippen molar-refractivity contribution in [1.82, 2.24) is 10.3 Å². The van der Waals surface area contributed by atoms with E-state index in [2.05, 4.69) is 10.3 Å². The average molecular weight is 510 g/mol. The number of nitrogens with one attached hydrogen (secondary N) is 1. The van der Waals surface area contributed by atoms with E-state index in [4.69, 9.17) is 16.3 Å². The molecule has 0 unspecified atom stereocenters. The predicted octanol–water partition coefficient (Wildman–Crippen LogP) is 5.83. The number of aromatic nitrogens is 1. The highest BCUT2D eigenvalue weighted by molar-refractivity contribution is 6.32. The molecular formula is C25H24ClF4N3O2. The summed E-state index contributed by atoms with van der Waals surface area (Å²) in [6, 6.07) is 12.2. The van der Waals surface area contributed by atoms with Crippen molar-refractivity contribution in [1.29, 1.82) is 0 Å². The number of carbonyl (C=O) groups excluding carboxylic acids is 1. The van der Waals surface area contributed by atoms with E-state index in [0.29, 0.717) is 47.0 Å². The number of ether oxygens (including phenoxy) is 1. The van der Waals surface area contributed by atoms with Crippen molar-refractivity contribution < 1.29 is 27.1 Å². The summed E-state index contributed by atoms with van der Waals surface area (Å²) in [5, 5.41) is 3.04. The molecule has 0 saturated heterocycles. The van der Waals surface area contributed by atoms with Crippen molar-refractivity contribution in [3.8, 4) is 5.75 Å². The fourth-order valence-corrected chi connectivity index (χ4v) is 3.88. The molecule has 3 rings (SSSR count). The van der Waals surface area contributed by atoms with E-state index >= 15 is 0 Å². The number of benzene rings is 2. The number of aryl methyl sites for hydroxylation is 1. The second-order valence-electron chi connectivity index (χ2n) is 7.73. The molecule has 0 aliphatic rings. The molecule has 0 radical (unpaired) electrons. The lowest BCUT2D eigenvalue weighted by molar-refractivity contribution is -0.141. The summed E-state index contributed by atoms with van der Waals surface area (Å²) in [7, 11) is 2.98. The Kier molecular flexibility index (Phi) is 8.56. The minimum atomic E-state index is -4.50. The fourth-order valence-electron chi connectivity index (χ4n) is 3.68. The zero-order valence-corrected chi connectivity index (χ0v) is 19.8. The number of carbonyl (C=O) groups is 1. The molecule has 1 heterocycles. The fraction of sp³-hybridized carbons (Fsp3) is 0.280. The van der Waals surface area contributed by atoms with Crippen molar-refractivity contribution in [2.75, 3.05) is 25.6 Å². The van der Waals surface area contributed by atoms with Gasteiger partial charge in [0.2, 0.25) is 5.91 Å². The average Bonchev–Trinajstić information content (AvgIpc) is 2.84. The van der Waals surface area contributed by atoms with Gasteiger partial charge in [-0.15, -0.1) is 0 Å². The molecule has 1 atom stereocenters. The Labute approximate surface area is 205 Å². The number of methoxy groups -OCH3 is 1. The van der Waals surface area contributed by atoms with Gasteiger partial charge in [0, 0.05) is 31.5 Å². The van der Waals surface area contributed by atoms with E-state index in [1.807, 2.05) is 4.90 Å². The number of alkyl halides is 3. The van der Waals surface area contributed by atoms with Gasteiger partial charge in [-0.1, -0.05) is 29.8 Å². The SMILES string of the molecule is CNC(=O)[C@H](c1ccc(F)cc1)N(CCCc1ccc(C(F)(F)F)nc1)c1ccc(Cl)c(OC)c1. The number of amides is 1. The lowest BCUT2D eigenvalue weighted by Crippen LogP contribution is -2.40. The van der Waals surface area contributed by atoms with Crippen LogP contribution in [0.15, 0.2) is 60.8 Å². The number of pyridine rings is 1. The number of likely N-dealkylation sites (N-methyl/N-ethyl adjacent to an activating group) is 1. The minimum Gasteiger partial charge on any atom is -0.495 e. The molecule has 35 heavy (non-hydrogen) atoms. The highest BCUT2D eigenvalue weighted by atomic mass is 35.5. The monoisotopic (exact) mass is 509 g/mol. The number of nitrogens with zero attached hydrogens (tertiary/aromatic N) is 2. The molecule has 2 aromatic carbocycles. The summed E-state index contributed by atoms with van der Waals surface area (Å²) in [4.78, 5) is 18.3. The van der Waals surface area contributed by atoms with Crippen LogP contribution in [0.3, 0.4) is 0 Å². The maximum absolute atomic E-state index is 13.6. The molecule has 186 valence electrons. The van der Waals surface area contributed by atoms with Gasteiger partial charge in [0.1, 0.15) is 23.3 Å². The normalized spacial score (nSPS) is 12.2. The van der Waals surface area contributed by atoms with E-state index < -0.39 is 23.7 Å². The highest BCUT2D eigenvalue weighted by Crippen LogP contribution is 2.34. The molecule has 0 aliphatic heterocycles. The van der Waals surface area contributed by atoms with Crippen LogP contribution in [0.5, 0.6) is 5.75 Å². The van der Waals surface area contributed by atoms with Gasteiger partial charge in [-0.05, 0) is 54.3 Å². The van der Waals surface area contributed by atoms with Gasteiger partial charge < -0.3 is 15.0 Å². The van der Waals surface area contributed by atoms with Crippen molar-refractivity contribution in [2.45, 2.75) is 25.1 Å². The van der Waals surface area contributed by atoms with Crippen molar-refractivity contribution in [2.24, 2.45) is 0 Å². The topological polar surface area (TPSA) is 54.5 Å². The molecule has 10 heteroatoms. The van der Waals surface area contributed by atoms with Gasteiger partial charge in [0.15, 0.2) is 0 Å². The van der Waals surface area contributed by atoms with Crippen LogP contribution >= 0.6 is 11.6 Å². The Morgan fingerprint density at radius 1 is 1.14 bits per heavy atom. The first-order chi connectivity index (χ1) is 16.6. The molecule has 1 aromatic heterocycles. The van der Waals surface area contributed by atoms with Crippen molar-refractivity contribution >= 4 is 23.2 Å². The van der Waals surface area contributed by atoms with Crippen LogP contribution in [-0.4, -0.2) is 31.6 Å². The third-order valence-electron chi connectivity index (χ3n) is 5.44. The molecule has 0 aliphatic carbocycles. The molecule has 0 bridgehead atoms. The van der Waals surface area contributed by atoms with Crippen LogP contribution in [0, 0.1) is 5.82 Å². The molecule has 3 aromatic rings. The largest absolute Gasteiger partial charge is 0.495 e. The maximum Gasteiger partial charge on any atom is 0.433 e. The first-order valence-corrected chi connectivity index (χ1v) is 11.1. The zero-order valence-electron chi connectivity index (χ0n) is 19.1. The van der Waals surface area contributed by atoms with E-state index in [9.17, 15) is 22.4 Å². The Balaban J connectivity index is 1.91. The number of anilines is 1. The first kappa shape index (κ1) is 26.3. The summed E-state index contributed by atoms with van der Waals surface area (Å²) in [6.45, 7) is 0.348. The third-order valence-corrected chi connectivity index (χ3v) is 5.75. The summed E-state index contributed by atoms with van der Waals surface area (Å²) >= 11 is 6.18. The molecule has 1 N–H and O–H groups in total. The van der Waals surface area contributed by atoms with Gasteiger partial charge in [-0.25, -0.2) is 4.39 Å². The van der Waals surface area contributed by atoms with E-state index in [1.54, 1.807) is 18.2 Å². The first-order valence-electron chi connectivity index (χ1n) is 10.7. The molecule has 0 spiro atoms. The van der Waals surface area contributed by atoms with Gasteiger partial charge in [0.05, 0.1) is 12.1 Å². The molecule has 5 nitrogen and oxygen atoms in total. The number of hydrogen-bond acceptors (Lipinski definition) is 4. The summed E-state index contributed by atoms with van der Waals surface area (Å²) in [5.74, 6) is -0.337. The van der Waals surface area contributed by atoms with Gasteiger partial charge in [0.25, 0.3) is 0 Å². The lowest BCUT2D eigenvalue weighted by atomic mass is 10.0. The smallest absolute Gasteiger partial charge is 0.433 e. The highest BCUT2D eigenvalue weighted by Gasteiger charge is 2.32. The van der Waals surface area contributed by atoms with Crippen LogP contribution in [-0.2, 0) is 17.4 Å². The second kappa shape index (κ2) is 11.4. The van der Waals surface area contributed by atoms with E-state index in [0.717, 1.165) is 6.07 Å². The van der Waals surface area contributed by atoms with Crippen LogP contribution in [0.2, 0.25) is 5.02 Å². The second-order valence-corrected chi connectivity index (χ2v) is 8.14. The van der Waals surface area contributed by atoms with Crippen LogP contribution < -0.4 is 15.0 Å². The zero-order chi connectivity index (χ0) is 25.6. The minimum absolute atomic E-state index is 0.318. The Morgan fingerprint density at radius 2 is 1.86 bits per heavy atom. The number of halogens is 5. The molecule has 0 fully saturated rings. The Hall–Kier alpha value is -3.33. The van der Waals surface area contributed by atoms with Gasteiger partial charge >= 0.3 is 6.18 Å². The van der Waals surface area contributed by atoms with Crippen molar-refractivity contribution in [3.63, 3.8) is 0 Å². The van der Waals surface area contributed by atoms with Gasteiger partial charge in [-0.3, -0.25) is 9.78 Å². The summed E-state index contributed by atoms with van der Waals surface area (Å²) in [5.41, 5.74) is 0.877. The molecule has 1 amide bonds. The lowest BCUT2D eigenvalue weighted by Gasteiger charge is -2.33. The number of rotatable bonds is 9. The maximum atomic E-state index is 13.6. The van der Waals surface area contributed by atoms with E-state index in [1.165, 1.54) is 50.7 Å².